The van der Waals surface area contributed by atoms with Crippen molar-refractivity contribution < 1.29 is 0 Å². The van der Waals surface area contributed by atoms with Gasteiger partial charge in [0.05, 0.1) is 0 Å². The second-order valence-electron chi connectivity index (χ2n) is 3.53. The molecule has 64 valence electrons. The number of hydrogen-bond acceptors (Lipinski definition) is 2. The van der Waals surface area contributed by atoms with E-state index in [1.807, 2.05) is 0 Å². The minimum absolute atomic E-state index is 0.507. The summed E-state index contributed by atoms with van der Waals surface area (Å²) in [5.74, 6) is 5.99. The number of hydrazine groups is 1. The van der Waals surface area contributed by atoms with Crippen molar-refractivity contribution in [3.05, 3.63) is 35.4 Å². The van der Waals surface area contributed by atoms with E-state index in [0.29, 0.717) is 12.0 Å². The molecule has 2 atom stereocenters. The summed E-state index contributed by atoms with van der Waals surface area (Å²) in [5.41, 5.74) is 5.52. The lowest BCUT2D eigenvalue weighted by molar-refractivity contribution is 0.715. The minimum Gasteiger partial charge on any atom is -0.271 e. The first-order valence-electron chi connectivity index (χ1n) is 4.34. The van der Waals surface area contributed by atoms with Gasteiger partial charge in [0.25, 0.3) is 0 Å². The second kappa shape index (κ2) is 2.88. The van der Waals surface area contributed by atoms with Crippen molar-refractivity contribution in [3.8, 4) is 0 Å². The zero-order chi connectivity index (χ0) is 8.55. The summed E-state index contributed by atoms with van der Waals surface area (Å²) >= 11 is 0. The van der Waals surface area contributed by atoms with E-state index in [1.54, 1.807) is 0 Å². The van der Waals surface area contributed by atoms with Gasteiger partial charge in [-0.15, -0.1) is 0 Å². The first-order chi connectivity index (χ1) is 5.81. The van der Waals surface area contributed by atoms with E-state index in [9.17, 15) is 0 Å². The molecule has 1 aromatic rings. The van der Waals surface area contributed by atoms with Gasteiger partial charge < -0.3 is 0 Å². The molecule has 0 aliphatic heterocycles. The molecule has 1 aliphatic rings. The van der Waals surface area contributed by atoms with Gasteiger partial charge in [-0.05, 0) is 18.9 Å². The van der Waals surface area contributed by atoms with Crippen LogP contribution in [-0.2, 0) is 0 Å². The Morgan fingerprint density at radius 2 is 2.00 bits per heavy atom. The maximum absolute atomic E-state index is 5.34. The van der Waals surface area contributed by atoms with Gasteiger partial charge in [-0.25, -0.2) is 0 Å². The third-order valence-electron chi connectivity index (χ3n) is 2.51. The number of nitrogens with one attached hydrogen (secondary N) is 1. The summed E-state index contributed by atoms with van der Waals surface area (Å²) in [4.78, 5) is 0. The van der Waals surface area contributed by atoms with Gasteiger partial charge >= 0.3 is 0 Å². The normalized spacial score (nSPS) is 27.2. The maximum atomic E-state index is 5.34. The SMILES string of the molecule is Cc1ccc([C@H]2C[C@@H]2NN)cc1. The second-order valence-corrected chi connectivity index (χ2v) is 3.53. The van der Waals surface area contributed by atoms with Gasteiger partial charge in [0.1, 0.15) is 0 Å². The standard InChI is InChI=1S/C10H14N2/c1-7-2-4-8(5-3-7)9-6-10(9)12-11/h2-5,9-10,12H,6,11H2,1H3/t9-,10+/m1/s1. The van der Waals surface area contributed by atoms with Crippen LogP contribution in [0.25, 0.3) is 0 Å². The van der Waals surface area contributed by atoms with Crippen LogP contribution < -0.4 is 11.3 Å². The third-order valence-corrected chi connectivity index (χ3v) is 2.51. The number of benzene rings is 1. The highest BCUT2D eigenvalue weighted by Crippen LogP contribution is 2.39. The van der Waals surface area contributed by atoms with Crippen LogP contribution in [0.5, 0.6) is 0 Å². The lowest BCUT2D eigenvalue weighted by Crippen LogP contribution is -2.25. The van der Waals surface area contributed by atoms with Gasteiger partial charge in [-0.2, -0.15) is 0 Å². The van der Waals surface area contributed by atoms with Gasteiger partial charge in [0, 0.05) is 12.0 Å². The molecule has 0 radical (unpaired) electrons. The highest BCUT2D eigenvalue weighted by Gasteiger charge is 2.37. The largest absolute Gasteiger partial charge is 0.271 e. The van der Waals surface area contributed by atoms with Crippen LogP contribution in [0.3, 0.4) is 0 Å². The molecule has 3 N–H and O–H groups in total. The van der Waals surface area contributed by atoms with Gasteiger partial charge in [0.15, 0.2) is 0 Å². The van der Waals surface area contributed by atoms with E-state index in [4.69, 9.17) is 5.84 Å². The smallest absolute Gasteiger partial charge is 0.0286 e. The molecule has 0 heterocycles. The topological polar surface area (TPSA) is 38.0 Å². The van der Waals surface area contributed by atoms with Crippen LogP contribution in [-0.4, -0.2) is 6.04 Å². The average Bonchev–Trinajstić information content (AvgIpc) is 2.85. The molecular formula is C10H14N2. The molecule has 1 fully saturated rings. The summed E-state index contributed by atoms with van der Waals surface area (Å²) in [6, 6.07) is 9.20. The van der Waals surface area contributed by atoms with E-state index in [-0.39, 0.29) is 0 Å². The first-order valence-corrected chi connectivity index (χ1v) is 4.34. The Labute approximate surface area is 72.7 Å². The van der Waals surface area contributed by atoms with E-state index in [0.717, 1.165) is 0 Å². The fraction of sp³-hybridized carbons (Fsp3) is 0.400. The molecule has 0 aromatic heterocycles. The lowest BCUT2D eigenvalue weighted by atomic mass is 10.1. The monoisotopic (exact) mass is 162 g/mol. The third kappa shape index (κ3) is 1.36. The molecule has 2 nitrogen and oxygen atoms in total. The van der Waals surface area contributed by atoms with Crippen LogP contribution >= 0.6 is 0 Å². The van der Waals surface area contributed by atoms with Crippen molar-refractivity contribution in [2.45, 2.75) is 25.3 Å². The van der Waals surface area contributed by atoms with Crippen molar-refractivity contribution in [1.29, 1.82) is 0 Å². The van der Waals surface area contributed by atoms with E-state index >= 15 is 0 Å². The zero-order valence-electron chi connectivity index (χ0n) is 7.25. The Morgan fingerprint density at radius 3 is 2.50 bits per heavy atom. The predicted octanol–water partition coefficient (Wildman–Crippen LogP) is 1.31. The molecule has 0 bridgehead atoms. The number of nitrogens with two attached hydrogens (primary N) is 1. The molecule has 1 aromatic carbocycles. The van der Waals surface area contributed by atoms with Gasteiger partial charge in [-0.3, -0.25) is 11.3 Å². The fourth-order valence-corrected chi connectivity index (χ4v) is 1.56. The summed E-state index contributed by atoms with van der Waals surface area (Å²) in [7, 11) is 0. The maximum Gasteiger partial charge on any atom is 0.0286 e. The Balaban J connectivity index is 2.10. The van der Waals surface area contributed by atoms with E-state index in [1.165, 1.54) is 17.5 Å². The van der Waals surface area contributed by atoms with Crippen molar-refractivity contribution >= 4 is 0 Å². The Morgan fingerprint density at radius 1 is 1.33 bits per heavy atom. The van der Waals surface area contributed by atoms with Crippen LogP contribution in [0.15, 0.2) is 24.3 Å². The molecule has 2 heteroatoms. The Hall–Kier alpha value is -0.860. The van der Waals surface area contributed by atoms with Crippen LogP contribution in [0.1, 0.15) is 23.5 Å². The van der Waals surface area contributed by atoms with E-state index in [2.05, 4.69) is 36.6 Å². The summed E-state index contributed by atoms with van der Waals surface area (Å²) in [6.45, 7) is 2.11. The molecule has 1 aliphatic carbocycles. The fourth-order valence-electron chi connectivity index (χ4n) is 1.56. The van der Waals surface area contributed by atoms with Crippen molar-refractivity contribution in [2.24, 2.45) is 5.84 Å². The number of hydrogen-bond donors (Lipinski definition) is 2. The van der Waals surface area contributed by atoms with Crippen LogP contribution in [0.4, 0.5) is 0 Å². The Kier molecular flexibility index (Phi) is 1.87. The number of rotatable bonds is 2. The first kappa shape index (κ1) is 7.77. The Bertz CT molecular complexity index is 266. The molecule has 1 saturated carbocycles. The molecule has 2 rings (SSSR count). The summed E-state index contributed by atoms with van der Waals surface area (Å²) in [5, 5.41) is 0. The minimum atomic E-state index is 0.507. The lowest BCUT2D eigenvalue weighted by Gasteiger charge is -1.99. The highest BCUT2D eigenvalue weighted by atomic mass is 15.3. The van der Waals surface area contributed by atoms with Crippen molar-refractivity contribution in [2.75, 3.05) is 0 Å². The van der Waals surface area contributed by atoms with Crippen molar-refractivity contribution in [1.82, 2.24) is 5.43 Å². The summed E-state index contributed by atoms with van der Waals surface area (Å²) in [6.07, 6.45) is 1.18. The van der Waals surface area contributed by atoms with E-state index < -0.39 is 0 Å². The quantitative estimate of drug-likeness (QED) is 0.508. The molecule has 0 spiro atoms. The molecule has 12 heavy (non-hydrogen) atoms. The average molecular weight is 162 g/mol. The summed E-state index contributed by atoms with van der Waals surface area (Å²) < 4.78 is 0. The van der Waals surface area contributed by atoms with Crippen LogP contribution in [0.2, 0.25) is 0 Å². The molecule has 0 amide bonds. The molecule has 0 unspecified atom stereocenters. The predicted molar refractivity (Wildman–Crippen MR) is 49.6 cm³/mol. The van der Waals surface area contributed by atoms with Crippen molar-refractivity contribution in [3.63, 3.8) is 0 Å². The molecule has 0 saturated heterocycles. The van der Waals surface area contributed by atoms with Crippen LogP contribution in [0, 0.1) is 6.92 Å². The van der Waals surface area contributed by atoms with Gasteiger partial charge in [-0.1, -0.05) is 29.8 Å². The molecular weight excluding hydrogens is 148 g/mol. The van der Waals surface area contributed by atoms with Gasteiger partial charge in [0.2, 0.25) is 0 Å². The number of aryl methyl sites for hydroxylation is 1. The zero-order valence-corrected chi connectivity index (χ0v) is 7.25. The highest BCUT2D eigenvalue weighted by molar-refractivity contribution is 5.30.